The molecular weight excluding hydrogens is 376 g/mol. The first-order chi connectivity index (χ1) is 13.8. The van der Waals surface area contributed by atoms with E-state index in [9.17, 15) is 9.90 Å². The lowest BCUT2D eigenvalue weighted by atomic mass is 9.88. The third-order valence-corrected chi connectivity index (χ3v) is 5.40. The van der Waals surface area contributed by atoms with Gasteiger partial charge >= 0.3 is 5.97 Å². The van der Waals surface area contributed by atoms with Crippen LogP contribution in [0.3, 0.4) is 0 Å². The third-order valence-electron chi connectivity index (χ3n) is 5.40. The van der Waals surface area contributed by atoms with E-state index in [-0.39, 0.29) is 6.61 Å². The fraction of sp³-hybridized carbons (Fsp3) is 0.409. The number of aliphatic hydroxyl groups excluding tert-OH is 1. The van der Waals surface area contributed by atoms with Gasteiger partial charge in [0.05, 0.1) is 6.61 Å². The van der Waals surface area contributed by atoms with Crippen molar-refractivity contribution in [2.75, 3.05) is 20.8 Å². The summed E-state index contributed by atoms with van der Waals surface area (Å²) in [5.74, 6) is -3.30. The van der Waals surface area contributed by atoms with Gasteiger partial charge in [-0.2, -0.15) is 0 Å². The Bertz CT molecular complexity index is 828. The van der Waals surface area contributed by atoms with Crippen molar-refractivity contribution < 1.29 is 33.6 Å². The molecule has 7 heteroatoms. The van der Waals surface area contributed by atoms with Crippen molar-refractivity contribution in [1.29, 1.82) is 0 Å². The molecular formula is C22H26O7. The number of ether oxygens (including phenoxy) is 5. The van der Waals surface area contributed by atoms with Gasteiger partial charge in [0.1, 0.15) is 11.9 Å². The maximum atomic E-state index is 13.3. The molecule has 0 spiro atoms. The first kappa shape index (κ1) is 21.4. The lowest BCUT2D eigenvalue weighted by Gasteiger charge is -2.53. The standard InChI is InChI=1S/C22H26O7/c1-20(25-3)21(2,26-4)29-22(15-27-20,18(23)16-11-7-5-8-12-16)19(24)28-17-13-9-6-10-14-17/h5-14,18,23H,15H2,1-4H3/t18-,20-,21-,22-/m1/s1. The maximum Gasteiger partial charge on any atom is 0.349 e. The molecule has 0 saturated carbocycles. The zero-order valence-electron chi connectivity index (χ0n) is 17.0. The zero-order valence-corrected chi connectivity index (χ0v) is 17.0. The van der Waals surface area contributed by atoms with Gasteiger partial charge in [-0.3, -0.25) is 0 Å². The number of aliphatic hydroxyl groups is 1. The van der Waals surface area contributed by atoms with Gasteiger partial charge < -0.3 is 28.8 Å². The lowest BCUT2D eigenvalue weighted by molar-refractivity contribution is -0.453. The van der Waals surface area contributed by atoms with Gasteiger partial charge in [-0.1, -0.05) is 48.5 Å². The quantitative estimate of drug-likeness (QED) is 0.588. The predicted octanol–water partition coefficient (Wildman–Crippen LogP) is 2.84. The average molecular weight is 402 g/mol. The number of carbonyl (C=O) groups is 1. The van der Waals surface area contributed by atoms with E-state index in [4.69, 9.17) is 23.7 Å². The minimum absolute atomic E-state index is 0.308. The van der Waals surface area contributed by atoms with Gasteiger partial charge in [-0.15, -0.1) is 0 Å². The molecule has 1 fully saturated rings. The highest BCUT2D eigenvalue weighted by atomic mass is 16.8. The van der Waals surface area contributed by atoms with Gasteiger partial charge in [0, 0.05) is 14.2 Å². The van der Waals surface area contributed by atoms with Crippen LogP contribution in [-0.4, -0.2) is 49.1 Å². The van der Waals surface area contributed by atoms with Crippen molar-refractivity contribution >= 4 is 5.97 Å². The number of esters is 1. The van der Waals surface area contributed by atoms with Gasteiger partial charge in [0.15, 0.2) is 0 Å². The molecule has 4 atom stereocenters. The van der Waals surface area contributed by atoms with Gasteiger partial charge in [0.25, 0.3) is 0 Å². The van der Waals surface area contributed by atoms with Crippen LogP contribution in [0.2, 0.25) is 0 Å². The molecule has 0 unspecified atom stereocenters. The summed E-state index contributed by atoms with van der Waals surface area (Å²) in [6, 6.07) is 17.3. The Kier molecular flexibility index (Phi) is 6.07. The monoisotopic (exact) mass is 402 g/mol. The summed E-state index contributed by atoms with van der Waals surface area (Å²) in [6.45, 7) is 2.91. The fourth-order valence-corrected chi connectivity index (χ4v) is 3.25. The Morgan fingerprint density at radius 2 is 1.52 bits per heavy atom. The van der Waals surface area contributed by atoms with Gasteiger partial charge in [-0.05, 0) is 31.5 Å². The number of hydrogen-bond acceptors (Lipinski definition) is 7. The van der Waals surface area contributed by atoms with Crippen LogP contribution in [0.5, 0.6) is 5.75 Å². The summed E-state index contributed by atoms with van der Waals surface area (Å²) in [7, 11) is 2.86. The van der Waals surface area contributed by atoms with Crippen molar-refractivity contribution in [3.8, 4) is 5.75 Å². The summed E-state index contributed by atoms with van der Waals surface area (Å²) in [6.07, 6.45) is -1.38. The average Bonchev–Trinajstić information content (AvgIpc) is 2.76. The molecule has 1 aliphatic heterocycles. The Labute approximate surface area is 170 Å². The fourth-order valence-electron chi connectivity index (χ4n) is 3.25. The molecule has 156 valence electrons. The molecule has 0 aromatic heterocycles. The van der Waals surface area contributed by atoms with E-state index in [0.717, 1.165) is 0 Å². The number of rotatable bonds is 6. The Hall–Kier alpha value is -2.29. The second-order valence-electron chi connectivity index (χ2n) is 7.10. The van der Waals surface area contributed by atoms with E-state index in [1.807, 2.05) is 6.07 Å². The van der Waals surface area contributed by atoms with Crippen LogP contribution in [0.15, 0.2) is 60.7 Å². The molecule has 2 aromatic carbocycles. The minimum atomic E-state index is -1.89. The van der Waals surface area contributed by atoms with Crippen molar-refractivity contribution in [1.82, 2.24) is 0 Å². The van der Waals surface area contributed by atoms with Crippen LogP contribution in [-0.2, 0) is 23.7 Å². The Morgan fingerprint density at radius 3 is 2.07 bits per heavy atom. The molecule has 1 N–H and O–H groups in total. The van der Waals surface area contributed by atoms with Crippen LogP contribution >= 0.6 is 0 Å². The predicted molar refractivity (Wildman–Crippen MR) is 104 cm³/mol. The maximum absolute atomic E-state index is 13.3. The summed E-state index contributed by atoms with van der Waals surface area (Å²) < 4.78 is 28.6. The highest BCUT2D eigenvalue weighted by Crippen LogP contribution is 2.45. The first-order valence-electron chi connectivity index (χ1n) is 9.25. The van der Waals surface area contributed by atoms with Crippen molar-refractivity contribution in [2.45, 2.75) is 37.1 Å². The van der Waals surface area contributed by atoms with E-state index in [0.29, 0.717) is 11.3 Å². The molecule has 1 aliphatic rings. The largest absolute Gasteiger partial charge is 0.424 e. The molecule has 7 nitrogen and oxygen atoms in total. The van der Waals surface area contributed by atoms with Crippen LogP contribution in [0.4, 0.5) is 0 Å². The summed E-state index contributed by atoms with van der Waals surface area (Å²) in [5, 5.41) is 11.2. The van der Waals surface area contributed by atoms with Gasteiger partial charge in [0.2, 0.25) is 17.2 Å². The SMILES string of the molecule is CO[C@]1(C)OC[C@](C(=O)Oc2ccccc2)([C@H](O)c2ccccc2)O[C@@]1(C)OC. The molecule has 0 amide bonds. The normalized spacial score (nSPS) is 30.5. The summed E-state index contributed by atoms with van der Waals surface area (Å²) in [5.41, 5.74) is -1.42. The Balaban J connectivity index is 2.04. The van der Waals surface area contributed by atoms with E-state index in [1.54, 1.807) is 68.4 Å². The summed E-state index contributed by atoms with van der Waals surface area (Å²) >= 11 is 0. The van der Waals surface area contributed by atoms with Crippen LogP contribution in [0.25, 0.3) is 0 Å². The molecule has 3 rings (SSSR count). The van der Waals surface area contributed by atoms with E-state index in [2.05, 4.69) is 0 Å². The molecule has 0 aliphatic carbocycles. The highest BCUT2D eigenvalue weighted by Gasteiger charge is 2.64. The van der Waals surface area contributed by atoms with E-state index in [1.165, 1.54) is 14.2 Å². The molecule has 1 heterocycles. The first-order valence-corrected chi connectivity index (χ1v) is 9.25. The van der Waals surface area contributed by atoms with Crippen molar-refractivity contribution in [3.05, 3.63) is 66.2 Å². The van der Waals surface area contributed by atoms with Crippen molar-refractivity contribution in [2.24, 2.45) is 0 Å². The third kappa shape index (κ3) is 3.80. The lowest BCUT2D eigenvalue weighted by Crippen LogP contribution is -2.70. The second kappa shape index (κ2) is 8.22. The molecule has 1 saturated heterocycles. The number of carbonyl (C=O) groups excluding carboxylic acids is 1. The van der Waals surface area contributed by atoms with Crippen LogP contribution in [0, 0.1) is 0 Å². The molecule has 29 heavy (non-hydrogen) atoms. The topological polar surface area (TPSA) is 83.5 Å². The number of para-hydroxylation sites is 1. The zero-order chi connectivity index (χ0) is 21.1. The smallest absolute Gasteiger partial charge is 0.349 e. The Morgan fingerprint density at radius 1 is 0.966 bits per heavy atom. The number of hydrogen-bond donors (Lipinski definition) is 1. The second-order valence-corrected chi connectivity index (χ2v) is 7.10. The molecule has 0 radical (unpaired) electrons. The molecule has 2 aromatic rings. The van der Waals surface area contributed by atoms with Crippen LogP contribution < -0.4 is 4.74 Å². The highest BCUT2D eigenvalue weighted by molar-refractivity contribution is 5.83. The summed E-state index contributed by atoms with van der Waals surface area (Å²) in [4.78, 5) is 13.3. The van der Waals surface area contributed by atoms with Crippen LogP contribution in [0.1, 0.15) is 25.5 Å². The molecule has 0 bridgehead atoms. The van der Waals surface area contributed by atoms with E-state index >= 15 is 0 Å². The number of methoxy groups -OCH3 is 2. The number of benzene rings is 2. The van der Waals surface area contributed by atoms with E-state index < -0.39 is 29.2 Å². The minimum Gasteiger partial charge on any atom is -0.424 e. The van der Waals surface area contributed by atoms with Crippen molar-refractivity contribution in [3.63, 3.8) is 0 Å². The van der Waals surface area contributed by atoms with Gasteiger partial charge in [-0.25, -0.2) is 4.79 Å².